The van der Waals surface area contributed by atoms with Crippen LogP contribution >= 0.6 is 0 Å². The average molecular weight is 492 g/mol. The lowest BCUT2D eigenvalue weighted by molar-refractivity contribution is -0.131. The third-order valence-electron chi connectivity index (χ3n) is 6.69. The molecule has 3 aromatic rings. The van der Waals surface area contributed by atoms with Crippen molar-refractivity contribution in [2.75, 3.05) is 32.0 Å². The molecule has 2 amide bonds. The minimum atomic E-state index is -0.349. The Labute approximate surface area is 208 Å². The summed E-state index contributed by atoms with van der Waals surface area (Å²) in [5.74, 6) is 1.02. The van der Waals surface area contributed by atoms with Crippen LogP contribution in [0.25, 0.3) is 0 Å². The van der Waals surface area contributed by atoms with E-state index >= 15 is 0 Å². The molecule has 0 aliphatic carbocycles. The number of H-pyrrole nitrogens is 1. The molecule has 2 atom stereocenters. The van der Waals surface area contributed by atoms with Gasteiger partial charge in [-0.25, -0.2) is 0 Å². The van der Waals surface area contributed by atoms with E-state index in [0.29, 0.717) is 31.1 Å². The predicted octanol–water partition coefficient (Wildman–Crippen LogP) is 1.08. The molecule has 0 radical (unpaired) electrons. The Kier molecular flexibility index (Phi) is 6.92. The van der Waals surface area contributed by atoms with E-state index < -0.39 is 0 Å². The molecule has 36 heavy (non-hydrogen) atoms. The smallest absolute Gasteiger partial charge is 0.228 e. The second kappa shape index (κ2) is 10.4. The normalized spacial score (nSPS) is 18.1. The van der Waals surface area contributed by atoms with Gasteiger partial charge in [0.15, 0.2) is 6.61 Å². The maximum atomic E-state index is 13.4. The number of carbonyl (C=O) groups is 2. The molecule has 11 nitrogen and oxygen atoms in total. The summed E-state index contributed by atoms with van der Waals surface area (Å²) < 4.78 is 5.84. The molecule has 0 spiro atoms. The highest BCUT2D eigenvalue weighted by Gasteiger charge is 2.29. The van der Waals surface area contributed by atoms with Gasteiger partial charge in [-0.1, -0.05) is 29.5 Å². The quantitative estimate of drug-likeness (QED) is 0.405. The van der Waals surface area contributed by atoms with E-state index in [1.807, 2.05) is 49.5 Å². The first-order chi connectivity index (χ1) is 17.4. The Hall–Kier alpha value is -3.83. The number of β-amino-alcohol motifs (C(OH)–C–C–N with tert-alkyl or cyclic N) is 1. The molecule has 0 saturated carbocycles. The number of fused-ring (bicyclic) bond motifs is 1. The monoisotopic (exact) mass is 491 g/mol. The van der Waals surface area contributed by atoms with Crippen LogP contribution in [0.3, 0.4) is 0 Å². The van der Waals surface area contributed by atoms with Crippen LogP contribution in [0, 0.1) is 0 Å². The van der Waals surface area contributed by atoms with Crippen LogP contribution in [0.4, 0.5) is 5.69 Å². The molecular weight excluding hydrogens is 462 g/mol. The molecule has 1 aromatic heterocycles. The van der Waals surface area contributed by atoms with E-state index in [-0.39, 0.29) is 37.0 Å². The fourth-order valence-corrected chi connectivity index (χ4v) is 4.72. The number of ether oxygens (including phenoxy) is 1. The molecule has 1 saturated heterocycles. The zero-order valence-electron chi connectivity index (χ0n) is 20.1. The van der Waals surface area contributed by atoms with Crippen molar-refractivity contribution in [1.82, 2.24) is 30.4 Å². The lowest BCUT2D eigenvalue weighted by atomic mass is 10.0. The number of likely N-dealkylation sites (tertiary alicyclic amines) is 1. The molecular formula is C25H29N7O4. The summed E-state index contributed by atoms with van der Waals surface area (Å²) >= 11 is 0. The number of amides is 2. The van der Waals surface area contributed by atoms with Crippen molar-refractivity contribution >= 4 is 17.5 Å². The van der Waals surface area contributed by atoms with Gasteiger partial charge in [-0.05, 0) is 41.3 Å². The minimum absolute atomic E-state index is 0.0279. The Morgan fingerprint density at radius 1 is 1.31 bits per heavy atom. The van der Waals surface area contributed by atoms with Crippen molar-refractivity contribution in [1.29, 1.82) is 0 Å². The van der Waals surface area contributed by atoms with E-state index in [2.05, 4.69) is 30.8 Å². The van der Waals surface area contributed by atoms with Crippen molar-refractivity contribution < 1.29 is 19.4 Å². The number of hydrogen-bond acceptors (Lipinski definition) is 8. The van der Waals surface area contributed by atoms with Gasteiger partial charge in [-0.2, -0.15) is 5.21 Å². The molecule has 3 N–H and O–H groups in total. The van der Waals surface area contributed by atoms with Crippen molar-refractivity contribution in [2.24, 2.45) is 0 Å². The number of nitrogens with zero attached hydrogens (tertiary/aromatic N) is 5. The van der Waals surface area contributed by atoms with Crippen LogP contribution in [0.5, 0.6) is 5.75 Å². The number of rotatable bonds is 9. The van der Waals surface area contributed by atoms with Gasteiger partial charge < -0.3 is 20.1 Å². The summed E-state index contributed by atoms with van der Waals surface area (Å²) in [5, 5.41) is 26.6. The number of aromatic amines is 1. The third kappa shape index (κ3) is 5.52. The lowest BCUT2D eigenvalue weighted by Gasteiger charge is -2.32. The van der Waals surface area contributed by atoms with E-state index in [1.54, 1.807) is 4.90 Å². The zero-order valence-corrected chi connectivity index (χ0v) is 20.1. The van der Waals surface area contributed by atoms with E-state index in [4.69, 9.17) is 4.74 Å². The molecule has 188 valence electrons. The topological polar surface area (TPSA) is 137 Å². The summed E-state index contributed by atoms with van der Waals surface area (Å²) in [6, 6.07) is 13.1. The van der Waals surface area contributed by atoms with Crippen LogP contribution in [0.15, 0.2) is 42.5 Å². The summed E-state index contributed by atoms with van der Waals surface area (Å²) in [5.41, 5.74) is 3.51. The Balaban J connectivity index is 1.33. The second-order valence-corrected chi connectivity index (χ2v) is 9.30. The van der Waals surface area contributed by atoms with Gasteiger partial charge in [-0.15, -0.1) is 10.2 Å². The number of hydrogen-bond donors (Lipinski definition) is 3. The second-order valence-electron chi connectivity index (χ2n) is 9.30. The van der Waals surface area contributed by atoms with Gasteiger partial charge in [-0.3, -0.25) is 14.5 Å². The fourth-order valence-electron chi connectivity index (χ4n) is 4.72. The first-order valence-electron chi connectivity index (χ1n) is 12.0. The number of carbonyl (C=O) groups excluding carboxylic acids is 2. The summed E-state index contributed by atoms with van der Waals surface area (Å²) in [6.45, 7) is 2.12. The Morgan fingerprint density at radius 2 is 2.19 bits per heavy atom. The third-order valence-corrected chi connectivity index (χ3v) is 6.69. The van der Waals surface area contributed by atoms with Crippen LogP contribution in [0.1, 0.15) is 35.0 Å². The number of aliphatic hydroxyl groups is 1. The number of benzene rings is 2. The van der Waals surface area contributed by atoms with Crippen molar-refractivity contribution in [3.05, 3.63) is 65.0 Å². The van der Waals surface area contributed by atoms with Gasteiger partial charge in [0.25, 0.3) is 0 Å². The molecule has 1 fully saturated rings. The van der Waals surface area contributed by atoms with Crippen LogP contribution in [0.2, 0.25) is 0 Å². The van der Waals surface area contributed by atoms with Gasteiger partial charge in [0.2, 0.25) is 17.6 Å². The summed E-state index contributed by atoms with van der Waals surface area (Å²) in [6.07, 6.45) is 0.961. The molecule has 0 unspecified atom stereocenters. The molecule has 2 aromatic carbocycles. The fraction of sp³-hybridized carbons (Fsp3) is 0.400. The number of anilines is 1. The highest BCUT2D eigenvalue weighted by atomic mass is 16.5. The molecule has 0 bridgehead atoms. The maximum absolute atomic E-state index is 13.4. The summed E-state index contributed by atoms with van der Waals surface area (Å²) in [7, 11) is 1.81. The van der Waals surface area contributed by atoms with Gasteiger partial charge in [0, 0.05) is 32.4 Å². The Bertz CT molecular complexity index is 1230. The first kappa shape index (κ1) is 23.9. The lowest BCUT2D eigenvalue weighted by Crippen LogP contribution is -2.39. The number of aliphatic hydroxyl groups excluding tert-OH is 1. The minimum Gasteiger partial charge on any atom is -0.485 e. The highest BCUT2D eigenvalue weighted by Crippen LogP contribution is 2.28. The first-order valence-corrected chi connectivity index (χ1v) is 12.0. The van der Waals surface area contributed by atoms with E-state index in [9.17, 15) is 14.7 Å². The van der Waals surface area contributed by atoms with Crippen LogP contribution in [-0.4, -0.2) is 80.1 Å². The van der Waals surface area contributed by atoms with E-state index in [1.165, 1.54) is 0 Å². The van der Waals surface area contributed by atoms with Crippen molar-refractivity contribution in [3.8, 4) is 5.75 Å². The highest BCUT2D eigenvalue weighted by molar-refractivity contribution is 5.99. The largest absolute Gasteiger partial charge is 0.485 e. The van der Waals surface area contributed by atoms with Crippen molar-refractivity contribution in [3.63, 3.8) is 0 Å². The standard InChI is InChI=1S/C25H29N7O4/c1-31(25(35)10-16-5-6-17-12-24(34)26-21(17)9-16)22(14-32-8-7-19(33)13-32)18-3-2-4-20(11-18)36-15-23-27-29-30-28-23/h2-6,9,11,19,22,33H,7-8,10,12-15H2,1H3,(H,26,34)(H,27,28,29,30)/t19-,22+/m0/s1. The van der Waals surface area contributed by atoms with Crippen molar-refractivity contribution in [2.45, 2.75) is 38.0 Å². The molecule has 2 aliphatic heterocycles. The SMILES string of the molecule is CN(C(=O)Cc1ccc2c(c1)NC(=O)C2)[C@H](CN1CC[C@H](O)C1)c1cccc(OCc2nn[nH]n2)c1. The van der Waals surface area contributed by atoms with Crippen LogP contribution < -0.4 is 10.1 Å². The number of nitrogens with one attached hydrogen (secondary N) is 2. The summed E-state index contributed by atoms with van der Waals surface area (Å²) in [4.78, 5) is 29.0. The van der Waals surface area contributed by atoms with Gasteiger partial charge >= 0.3 is 0 Å². The molecule has 11 heteroatoms. The molecule has 2 aliphatic rings. The van der Waals surface area contributed by atoms with Gasteiger partial charge in [0.1, 0.15) is 5.75 Å². The molecule has 3 heterocycles. The average Bonchev–Trinajstić information content (AvgIpc) is 3.61. The van der Waals surface area contributed by atoms with Crippen LogP contribution in [-0.2, 0) is 29.0 Å². The number of tetrazole rings is 1. The zero-order chi connectivity index (χ0) is 25.1. The predicted molar refractivity (Wildman–Crippen MR) is 130 cm³/mol. The van der Waals surface area contributed by atoms with E-state index in [0.717, 1.165) is 35.3 Å². The maximum Gasteiger partial charge on any atom is 0.228 e. The Morgan fingerprint density at radius 3 is 2.97 bits per heavy atom. The van der Waals surface area contributed by atoms with Gasteiger partial charge in [0.05, 0.1) is 25.0 Å². The number of aromatic nitrogens is 4. The number of likely N-dealkylation sites (N-methyl/N-ethyl adjacent to an activating group) is 1. The molecule has 5 rings (SSSR count).